The van der Waals surface area contributed by atoms with Crippen molar-refractivity contribution in [2.45, 2.75) is 4.90 Å². The van der Waals surface area contributed by atoms with Gasteiger partial charge in [-0.05, 0) is 24.3 Å². The van der Waals surface area contributed by atoms with Crippen LogP contribution in [0.1, 0.15) is 0 Å². The van der Waals surface area contributed by atoms with Gasteiger partial charge in [-0.1, -0.05) is 24.3 Å². The number of para-hydroxylation sites is 1. The van der Waals surface area contributed by atoms with Crippen LogP contribution in [-0.2, 0) is 10.1 Å². The van der Waals surface area contributed by atoms with E-state index < -0.39 is 10.1 Å². The van der Waals surface area contributed by atoms with E-state index in [1.54, 1.807) is 18.2 Å². The minimum absolute atomic E-state index is 0.189. The lowest BCUT2D eigenvalue weighted by Crippen LogP contribution is -1.97. The molecule has 0 saturated heterocycles. The molecule has 5 heteroatoms. The number of benzene rings is 2. The summed E-state index contributed by atoms with van der Waals surface area (Å²) in [5, 5.41) is 0. The Bertz CT molecular complexity index is 605. The molecule has 2 aromatic rings. The summed E-state index contributed by atoms with van der Waals surface area (Å²) < 4.78 is 36.2. The standard InChI is InChI=1S/C12H10O4S/c13-17(14,15)12-8-4-7-11(9-12)16-10-5-2-1-3-6-10/h1-9H,(H,13,14,15). The first-order valence-corrected chi connectivity index (χ1v) is 6.30. The number of hydrogen-bond acceptors (Lipinski definition) is 3. The molecule has 0 fully saturated rings. The second kappa shape index (κ2) is 4.57. The minimum Gasteiger partial charge on any atom is -0.457 e. The highest BCUT2D eigenvalue weighted by atomic mass is 32.2. The lowest BCUT2D eigenvalue weighted by Gasteiger charge is -2.06. The average molecular weight is 250 g/mol. The second-order valence-electron chi connectivity index (χ2n) is 3.37. The van der Waals surface area contributed by atoms with Crippen molar-refractivity contribution in [3.05, 3.63) is 54.6 Å². The van der Waals surface area contributed by atoms with Gasteiger partial charge in [0.15, 0.2) is 0 Å². The summed E-state index contributed by atoms with van der Waals surface area (Å²) in [6, 6.07) is 14.6. The van der Waals surface area contributed by atoms with E-state index in [0.29, 0.717) is 11.5 Å². The molecule has 0 spiro atoms. The van der Waals surface area contributed by atoms with Crippen molar-refractivity contribution in [2.75, 3.05) is 0 Å². The molecular weight excluding hydrogens is 240 g/mol. The summed E-state index contributed by atoms with van der Waals surface area (Å²) >= 11 is 0. The zero-order valence-electron chi connectivity index (χ0n) is 8.78. The smallest absolute Gasteiger partial charge is 0.294 e. The van der Waals surface area contributed by atoms with Crippen molar-refractivity contribution in [1.82, 2.24) is 0 Å². The van der Waals surface area contributed by atoms with Crippen LogP contribution >= 0.6 is 0 Å². The van der Waals surface area contributed by atoms with Crippen LogP contribution in [0, 0.1) is 0 Å². The van der Waals surface area contributed by atoms with Gasteiger partial charge in [-0.2, -0.15) is 8.42 Å². The largest absolute Gasteiger partial charge is 0.457 e. The predicted molar refractivity (Wildman–Crippen MR) is 62.8 cm³/mol. The van der Waals surface area contributed by atoms with Gasteiger partial charge in [-0.25, -0.2) is 0 Å². The first-order chi connectivity index (χ1) is 8.05. The van der Waals surface area contributed by atoms with E-state index in [-0.39, 0.29) is 4.90 Å². The quantitative estimate of drug-likeness (QED) is 0.851. The first-order valence-electron chi connectivity index (χ1n) is 4.86. The third-order valence-corrected chi connectivity index (χ3v) is 2.93. The predicted octanol–water partition coefficient (Wildman–Crippen LogP) is 2.73. The number of hydrogen-bond donors (Lipinski definition) is 1. The van der Waals surface area contributed by atoms with Crippen molar-refractivity contribution >= 4 is 10.1 Å². The second-order valence-corrected chi connectivity index (χ2v) is 4.79. The van der Waals surface area contributed by atoms with E-state index in [4.69, 9.17) is 9.29 Å². The lowest BCUT2D eigenvalue weighted by atomic mass is 10.3. The molecule has 1 N–H and O–H groups in total. The summed E-state index contributed by atoms with van der Waals surface area (Å²) in [6.07, 6.45) is 0. The fraction of sp³-hybridized carbons (Fsp3) is 0. The molecule has 0 aromatic heterocycles. The van der Waals surface area contributed by atoms with E-state index in [1.165, 1.54) is 18.2 Å². The van der Waals surface area contributed by atoms with Gasteiger partial charge in [0, 0.05) is 6.07 Å². The van der Waals surface area contributed by atoms with Crippen molar-refractivity contribution < 1.29 is 17.7 Å². The molecule has 0 aliphatic carbocycles. The number of rotatable bonds is 3. The van der Waals surface area contributed by atoms with Gasteiger partial charge in [0.05, 0.1) is 4.90 Å². The van der Waals surface area contributed by atoms with Crippen LogP contribution in [0.4, 0.5) is 0 Å². The van der Waals surface area contributed by atoms with Crippen LogP contribution in [0.2, 0.25) is 0 Å². The molecule has 88 valence electrons. The van der Waals surface area contributed by atoms with Crippen molar-refractivity contribution in [1.29, 1.82) is 0 Å². The molecule has 0 bridgehead atoms. The van der Waals surface area contributed by atoms with Gasteiger partial charge < -0.3 is 4.74 Å². The SMILES string of the molecule is O=S(=O)(O)c1cccc(Oc2ccccc2)c1. The molecule has 0 aliphatic heterocycles. The molecule has 17 heavy (non-hydrogen) atoms. The maximum Gasteiger partial charge on any atom is 0.294 e. The Hall–Kier alpha value is -1.85. The highest BCUT2D eigenvalue weighted by Gasteiger charge is 2.10. The maximum absolute atomic E-state index is 10.9. The summed E-state index contributed by atoms with van der Waals surface area (Å²) in [6.45, 7) is 0. The maximum atomic E-state index is 10.9. The van der Waals surface area contributed by atoms with Gasteiger partial charge in [0.1, 0.15) is 11.5 Å². The van der Waals surface area contributed by atoms with E-state index >= 15 is 0 Å². The molecule has 0 radical (unpaired) electrons. The van der Waals surface area contributed by atoms with E-state index in [2.05, 4.69) is 0 Å². The van der Waals surface area contributed by atoms with Crippen molar-refractivity contribution in [2.24, 2.45) is 0 Å². The zero-order valence-corrected chi connectivity index (χ0v) is 9.59. The van der Waals surface area contributed by atoms with Gasteiger partial charge in [0.25, 0.3) is 10.1 Å². The molecule has 0 heterocycles. The average Bonchev–Trinajstić information content (AvgIpc) is 2.29. The summed E-state index contributed by atoms with van der Waals surface area (Å²) in [5.41, 5.74) is 0. The summed E-state index contributed by atoms with van der Waals surface area (Å²) in [4.78, 5) is -0.189. The van der Waals surface area contributed by atoms with Gasteiger partial charge in [-0.15, -0.1) is 0 Å². The fourth-order valence-corrected chi connectivity index (χ4v) is 1.84. The normalized spacial score (nSPS) is 11.1. The Balaban J connectivity index is 2.29. The molecule has 0 atom stereocenters. The Labute approximate surface area is 99.2 Å². The molecule has 2 rings (SSSR count). The Morgan fingerprint density at radius 3 is 2.18 bits per heavy atom. The van der Waals surface area contributed by atoms with Gasteiger partial charge in [-0.3, -0.25) is 4.55 Å². The zero-order chi connectivity index (χ0) is 12.3. The molecule has 4 nitrogen and oxygen atoms in total. The van der Waals surface area contributed by atoms with Crippen LogP contribution in [0.25, 0.3) is 0 Å². The highest BCUT2D eigenvalue weighted by molar-refractivity contribution is 7.85. The monoisotopic (exact) mass is 250 g/mol. The molecule has 0 amide bonds. The van der Waals surface area contributed by atoms with Crippen LogP contribution in [0.15, 0.2) is 59.5 Å². The topological polar surface area (TPSA) is 63.6 Å². The van der Waals surface area contributed by atoms with Crippen LogP contribution in [-0.4, -0.2) is 13.0 Å². The van der Waals surface area contributed by atoms with Crippen molar-refractivity contribution in [3.63, 3.8) is 0 Å². The molecule has 0 aliphatic rings. The van der Waals surface area contributed by atoms with Gasteiger partial charge in [0.2, 0.25) is 0 Å². The van der Waals surface area contributed by atoms with Gasteiger partial charge >= 0.3 is 0 Å². The Morgan fingerprint density at radius 1 is 0.882 bits per heavy atom. The number of ether oxygens (including phenoxy) is 1. The molecule has 2 aromatic carbocycles. The van der Waals surface area contributed by atoms with Crippen molar-refractivity contribution in [3.8, 4) is 11.5 Å². The van der Waals surface area contributed by atoms with Crippen LogP contribution < -0.4 is 4.74 Å². The van der Waals surface area contributed by atoms with Crippen LogP contribution in [0.5, 0.6) is 11.5 Å². The molecular formula is C12H10O4S. The minimum atomic E-state index is -4.20. The summed E-state index contributed by atoms with van der Waals surface area (Å²) in [7, 11) is -4.20. The Kier molecular flexibility index (Phi) is 3.12. The lowest BCUT2D eigenvalue weighted by molar-refractivity contribution is 0.471. The highest BCUT2D eigenvalue weighted by Crippen LogP contribution is 2.23. The third kappa shape index (κ3) is 3.05. The molecule has 0 unspecified atom stereocenters. The van der Waals surface area contributed by atoms with E-state index in [0.717, 1.165) is 0 Å². The fourth-order valence-electron chi connectivity index (χ4n) is 1.32. The summed E-state index contributed by atoms with van der Waals surface area (Å²) in [5.74, 6) is 0.950. The van der Waals surface area contributed by atoms with E-state index in [9.17, 15) is 8.42 Å². The van der Waals surface area contributed by atoms with E-state index in [1.807, 2.05) is 18.2 Å². The first kappa shape index (κ1) is 11.6. The molecule has 0 saturated carbocycles. The third-order valence-electron chi connectivity index (χ3n) is 2.08. The Morgan fingerprint density at radius 2 is 1.53 bits per heavy atom. The van der Waals surface area contributed by atoms with Crippen LogP contribution in [0.3, 0.4) is 0 Å².